The van der Waals surface area contributed by atoms with E-state index in [1.54, 1.807) is 12.1 Å². The number of nitro benzene ring substituents is 1. The zero-order chi connectivity index (χ0) is 20.8. The topological polar surface area (TPSA) is 103 Å². The number of nitrogens with zero attached hydrogens (tertiary/aromatic N) is 3. The van der Waals surface area contributed by atoms with Gasteiger partial charge in [-0.05, 0) is 31.4 Å². The quantitative estimate of drug-likeness (QED) is 0.348. The van der Waals surface area contributed by atoms with Gasteiger partial charge in [-0.2, -0.15) is 9.83 Å². The minimum absolute atomic E-state index is 0.0176. The highest BCUT2D eigenvalue weighted by molar-refractivity contribution is 7.80. The molecule has 1 aliphatic carbocycles. The fourth-order valence-corrected chi connectivity index (χ4v) is 4.73. The van der Waals surface area contributed by atoms with Crippen molar-refractivity contribution in [3.63, 3.8) is 0 Å². The number of non-ortho nitro benzene ring substituents is 1. The van der Waals surface area contributed by atoms with Crippen LogP contribution in [0.25, 0.3) is 0 Å². The third-order valence-electron chi connectivity index (χ3n) is 5.87. The zero-order valence-electron chi connectivity index (χ0n) is 15.9. The number of aliphatic hydroxyl groups is 1. The van der Waals surface area contributed by atoms with Crippen molar-refractivity contribution in [1.82, 2.24) is 5.32 Å². The van der Waals surface area contributed by atoms with E-state index < -0.39 is 28.5 Å². The molecule has 148 valence electrons. The molecule has 4 rings (SSSR count). The number of nitriles is 1. The number of nitrogens with one attached hydrogen (secondary N) is 1. The maximum absolute atomic E-state index is 11.7. The number of rotatable bonds is 4. The first-order valence-electron chi connectivity index (χ1n) is 9.51. The van der Waals surface area contributed by atoms with Gasteiger partial charge in [-0.1, -0.05) is 24.4 Å². The van der Waals surface area contributed by atoms with Crippen LogP contribution < -0.4 is 9.88 Å². The van der Waals surface area contributed by atoms with Gasteiger partial charge in [0.05, 0.1) is 21.9 Å². The van der Waals surface area contributed by atoms with Gasteiger partial charge in [-0.25, -0.2) is 0 Å². The predicted molar refractivity (Wildman–Crippen MR) is 109 cm³/mol. The second-order valence-corrected chi connectivity index (χ2v) is 8.28. The van der Waals surface area contributed by atoms with Crippen LogP contribution in [0.4, 0.5) is 5.69 Å². The average molecular weight is 409 g/mol. The van der Waals surface area contributed by atoms with Crippen molar-refractivity contribution in [1.29, 1.82) is 5.26 Å². The van der Waals surface area contributed by atoms with Gasteiger partial charge in [0.1, 0.15) is 5.92 Å². The number of aromatic nitrogens is 1. The Kier molecular flexibility index (Phi) is 4.81. The molecule has 1 aromatic carbocycles. The number of nitro groups is 1. The summed E-state index contributed by atoms with van der Waals surface area (Å²) in [5.41, 5.74) is 0.449. The van der Waals surface area contributed by atoms with Crippen LogP contribution in [-0.4, -0.2) is 20.7 Å². The first-order chi connectivity index (χ1) is 13.8. The largest absolute Gasteiger partial charge is 0.365 e. The summed E-state index contributed by atoms with van der Waals surface area (Å²) in [5, 5.41) is 35.8. The second kappa shape index (κ2) is 7.17. The monoisotopic (exact) mass is 409 g/mol. The molecule has 7 nitrogen and oxygen atoms in total. The van der Waals surface area contributed by atoms with Gasteiger partial charge in [0, 0.05) is 29.7 Å². The van der Waals surface area contributed by atoms with Gasteiger partial charge in [0.2, 0.25) is 11.8 Å². The molecule has 29 heavy (non-hydrogen) atoms. The van der Waals surface area contributed by atoms with Gasteiger partial charge in [0.15, 0.2) is 12.4 Å². The molecular weight excluding hydrogens is 388 g/mol. The van der Waals surface area contributed by atoms with Crippen molar-refractivity contribution in [2.75, 3.05) is 0 Å². The van der Waals surface area contributed by atoms with E-state index >= 15 is 0 Å². The molecule has 1 aromatic heterocycles. The molecule has 0 radical (unpaired) electrons. The molecule has 2 fully saturated rings. The summed E-state index contributed by atoms with van der Waals surface area (Å²) in [4.78, 5) is 10.9. The Morgan fingerprint density at radius 3 is 2.59 bits per heavy atom. The van der Waals surface area contributed by atoms with E-state index in [0.29, 0.717) is 4.99 Å². The van der Waals surface area contributed by atoms with Crippen LogP contribution in [0.15, 0.2) is 48.8 Å². The third-order valence-corrected chi connectivity index (χ3v) is 6.23. The molecule has 8 heteroatoms. The number of hydrogen-bond acceptors (Lipinski definition) is 5. The highest BCUT2D eigenvalue weighted by Crippen LogP contribution is 2.51. The van der Waals surface area contributed by atoms with Crippen LogP contribution in [0.5, 0.6) is 0 Å². The maximum Gasteiger partial charge on any atom is 0.269 e. The smallest absolute Gasteiger partial charge is 0.269 e. The minimum Gasteiger partial charge on any atom is -0.365 e. The standard InChI is InChI=1S/C21H20N4O3S/c1-13-3-2-10-24(12-13)19-18(14-4-8-16(9-5-14)25(27)28)17(11-22)20(29)23-21(19,26)15-6-7-15/h2-5,8-10,12,15,17-19,26H,6-7H2,1H3/p+1/t17-,18+,19+,21-/m0/s1. The molecule has 0 amide bonds. The van der Waals surface area contributed by atoms with Gasteiger partial charge in [-0.3, -0.25) is 10.1 Å². The van der Waals surface area contributed by atoms with E-state index in [-0.39, 0.29) is 11.6 Å². The molecule has 2 aromatic rings. The van der Waals surface area contributed by atoms with Gasteiger partial charge in [-0.15, -0.1) is 0 Å². The molecule has 2 heterocycles. The summed E-state index contributed by atoms with van der Waals surface area (Å²) in [6.07, 6.45) is 5.58. The van der Waals surface area contributed by atoms with E-state index in [1.807, 2.05) is 36.0 Å². The van der Waals surface area contributed by atoms with Crippen molar-refractivity contribution in [2.45, 2.75) is 37.5 Å². The molecule has 1 saturated carbocycles. The summed E-state index contributed by atoms with van der Waals surface area (Å²) >= 11 is 5.48. The summed E-state index contributed by atoms with van der Waals surface area (Å²) in [5.74, 6) is -1.09. The molecule has 1 saturated heterocycles. The lowest BCUT2D eigenvalue weighted by Crippen LogP contribution is -2.69. The molecular formula is C21H21N4O3S+. The van der Waals surface area contributed by atoms with Gasteiger partial charge < -0.3 is 10.4 Å². The highest BCUT2D eigenvalue weighted by Gasteiger charge is 2.62. The first-order valence-corrected chi connectivity index (χ1v) is 9.91. The van der Waals surface area contributed by atoms with Crippen LogP contribution in [0.3, 0.4) is 0 Å². The molecule has 4 atom stereocenters. The average Bonchev–Trinajstić information content (AvgIpc) is 3.53. The Morgan fingerprint density at radius 1 is 1.34 bits per heavy atom. The number of piperidine rings is 1. The van der Waals surface area contributed by atoms with Crippen LogP contribution in [-0.2, 0) is 0 Å². The number of hydrogen-bond donors (Lipinski definition) is 2. The SMILES string of the molecule is Cc1ccc[n+]([C@@H]2[C@H](c3ccc([N+](=O)[O-])cc3)[C@H](C#N)C(=S)N[C@]2(O)C2CC2)c1. The van der Waals surface area contributed by atoms with Crippen LogP contribution in [0.2, 0.25) is 0 Å². The minimum atomic E-state index is -1.30. The molecule has 2 N–H and O–H groups in total. The Balaban J connectivity index is 1.89. The van der Waals surface area contributed by atoms with E-state index in [0.717, 1.165) is 24.0 Å². The van der Waals surface area contributed by atoms with Crippen molar-refractivity contribution in [3.8, 4) is 6.07 Å². The van der Waals surface area contributed by atoms with Crippen molar-refractivity contribution in [3.05, 3.63) is 70.0 Å². The van der Waals surface area contributed by atoms with E-state index in [1.165, 1.54) is 12.1 Å². The van der Waals surface area contributed by atoms with Crippen molar-refractivity contribution < 1.29 is 14.6 Å². The number of thiocarbonyl (C=S) groups is 1. The van der Waals surface area contributed by atoms with Gasteiger partial charge in [0.25, 0.3) is 5.69 Å². The van der Waals surface area contributed by atoms with Gasteiger partial charge >= 0.3 is 0 Å². The Hall–Kier alpha value is -2.89. The number of pyridine rings is 1. The lowest BCUT2D eigenvalue weighted by Gasteiger charge is -2.44. The Bertz CT molecular complexity index is 1020. The summed E-state index contributed by atoms with van der Waals surface area (Å²) in [6, 6.07) is 11.9. The Labute approximate surface area is 173 Å². The summed E-state index contributed by atoms with van der Waals surface area (Å²) in [7, 11) is 0. The molecule has 0 spiro atoms. The summed E-state index contributed by atoms with van der Waals surface area (Å²) in [6.45, 7) is 1.97. The van der Waals surface area contributed by atoms with E-state index in [9.17, 15) is 20.5 Å². The van der Waals surface area contributed by atoms with Crippen LogP contribution in [0.1, 0.15) is 35.9 Å². The van der Waals surface area contributed by atoms with Crippen LogP contribution >= 0.6 is 12.2 Å². The number of aryl methyl sites for hydroxylation is 1. The molecule has 0 unspecified atom stereocenters. The van der Waals surface area contributed by atoms with Crippen LogP contribution in [0, 0.1) is 40.2 Å². The summed E-state index contributed by atoms with van der Waals surface area (Å²) < 4.78 is 1.94. The predicted octanol–water partition coefficient (Wildman–Crippen LogP) is 2.68. The zero-order valence-corrected chi connectivity index (χ0v) is 16.7. The fourth-order valence-electron chi connectivity index (χ4n) is 4.37. The fraction of sp³-hybridized carbons (Fsp3) is 0.381. The lowest BCUT2D eigenvalue weighted by molar-refractivity contribution is -0.744. The second-order valence-electron chi connectivity index (χ2n) is 7.84. The molecule has 0 bridgehead atoms. The lowest BCUT2D eigenvalue weighted by atomic mass is 9.72. The highest BCUT2D eigenvalue weighted by atomic mass is 32.1. The Morgan fingerprint density at radius 2 is 2.03 bits per heavy atom. The van der Waals surface area contributed by atoms with Crippen molar-refractivity contribution >= 4 is 22.9 Å². The first kappa shape index (κ1) is 19.4. The normalized spacial score (nSPS) is 29.0. The van der Waals surface area contributed by atoms with E-state index in [2.05, 4.69) is 11.4 Å². The van der Waals surface area contributed by atoms with E-state index in [4.69, 9.17) is 12.2 Å². The van der Waals surface area contributed by atoms with Crippen molar-refractivity contribution in [2.24, 2.45) is 11.8 Å². The maximum atomic E-state index is 11.7. The third kappa shape index (κ3) is 3.37. The molecule has 2 aliphatic rings. The molecule has 1 aliphatic heterocycles. The number of benzene rings is 1.